The zero-order valence-corrected chi connectivity index (χ0v) is 6.29. The lowest BCUT2D eigenvalue weighted by atomic mass is 9.72. The van der Waals surface area contributed by atoms with Crippen LogP contribution in [0.15, 0.2) is 0 Å². The average molecular weight is 142 g/mol. The molecule has 2 fully saturated rings. The molecule has 2 aliphatic carbocycles. The first kappa shape index (κ1) is 6.62. The Kier molecular flexibility index (Phi) is 1.46. The molecule has 2 aliphatic rings. The Bertz CT molecular complexity index is 135. The van der Waals surface area contributed by atoms with Gasteiger partial charge in [-0.2, -0.15) is 0 Å². The minimum atomic E-state index is -0.0172. The van der Waals surface area contributed by atoms with Crippen molar-refractivity contribution in [2.45, 2.75) is 31.5 Å². The predicted octanol–water partition coefficient (Wildman–Crippen LogP) is 0.792. The molecular weight excluding hydrogens is 128 g/mol. The molecule has 0 radical (unpaired) electrons. The molecule has 58 valence electrons. The highest BCUT2D eigenvalue weighted by atomic mass is 16.5. The Morgan fingerprint density at radius 2 is 2.10 bits per heavy atom. The molecule has 0 bridgehead atoms. The fourth-order valence-electron chi connectivity index (χ4n) is 2.39. The third-order valence-electron chi connectivity index (χ3n) is 3.12. The lowest BCUT2D eigenvalue weighted by Crippen LogP contribution is -2.42. The van der Waals surface area contributed by atoms with E-state index < -0.39 is 0 Å². The molecule has 4 unspecified atom stereocenters. The molecule has 0 aromatic rings. The molecule has 1 N–H and O–H groups in total. The number of aliphatic hydroxyl groups is 1. The van der Waals surface area contributed by atoms with Crippen LogP contribution in [0.1, 0.15) is 19.3 Å². The van der Waals surface area contributed by atoms with Crippen molar-refractivity contribution >= 4 is 0 Å². The third kappa shape index (κ3) is 0.722. The van der Waals surface area contributed by atoms with Gasteiger partial charge >= 0.3 is 0 Å². The molecule has 2 saturated carbocycles. The van der Waals surface area contributed by atoms with Crippen molar-refractivity contribution in [3.8, 4) is 0 Å². The van der Waals surface area contributed by atoms with Crippen molar-refractivity contribution in [2.75, 3.05) is 7.11 Å². The van der Waals surface area contributed by atoms with E-state index in [0.717, 1.165) is 12.8 Å². The number of hydrogen-bond donors (Lipinski definition) is 1. The lowest BCUT2D eigenvalue weighted by Gasteiger charge is -2.40. The topological polar surface area (TPSA) is 29.5 Å². The zero-order chi connectivity index (χ0) is 7.14. The van der Waals surface area contributed by atoms with Crippen LogP contribution in [0.25, 0.3) is 0 Å². The van der Waals surface area contributed by atoms with E-state index >= 15 is 0 Å². The summed E-state index contributed by atoms with van der Waals surface area (Å²) in [5, 5.41) is 9.38. The summed E-state index contributed by atoms with van der Waals surface area (Å²) in [4.78, 5) is 0. The molecule has 2 heteroatoms. The van der Waals surface area contributed by atoms with Crippen molar-refractivity contribution in [1.82, 2.24) is 0 Å². The summed E-state index contributed by atoms with van der Waals surface area (Å²) in [6, 6.07) is 0. The molecule has 2 nitrogen and oxygen atoms in total. The second-order valence-electron chi connectivity index (χ2n) is 3.48. The molecule has 0 aromatic heterocycles. The Morgan fingerprint density at radius 1 is 1.30 bits per heavy atom. The first-order valence-corrected chi connectivity index (χ1v) is 4.04. The normalized spacial score (nSPS) is 52.2. The van der Waals surface area contributed by atoms with Gasteiger partial charge in [0.15, 0.2) is 0 Å². The van der Waals surface area contributed by atoms with Gasteiger partial charge in [-0.25, -0.2) is 0 Å². The number of ether oxygens (including phenoxy) is 1. The maximum absolute atomic E-state index is 9.38. The maximum atomic E-state index is 9.38. The minimum Gasteiger partial charge on any atom is -0.393 e. The SMILES string of the molecule is COC1CC2C(O)CCC12. The van der Waals surface area contributed by atoms with Crippen molar-refractivity contribution < 1.29 is 9.84 Å². The Balaban J connectivity index is 1.96. The second-order valence-corrected chi connectivity index (χ2v) is 3.48. The van der Waals surface area contributed by atoms with Crippen LogP contribution in [0.2, 0.25) is 0 Å². The van der Waals surface area contributed by atoms with Crippen LogP contribution < -0.4 is 0 Å². The fourth-order valence-corrected chi connectivity index (χ4v) is 2.39. The molecule has 0 amide bonds. The number of methoxy groups -OCH3 is 1. The van der Waals surface area contributed by atoms with Gasteiger partial charge in [-0.3, -0.25) is 0 Å². The van der Waals surface area contributed by atoms with Crippen LogP contribution in [-0.4, -0.2) is 24.4 Å². The van der Waals surface area contributed by atoms with Gasteiger partial charge in [-0.15, -0.1) is 0 Å². The van der Waals surface area contributed by atoms with Gasteiger partial charge in [0, 0.05) is 7.11 Å². The third-order valence-corrected chi connectivity index (χ3v) is 3.12. The molecule has 0 heterocycles. The van der Waals surface area contributed by atoms with Crippen molar-refractivity contribution in [2.24, 2.45) is 11.8 Å². The highest BCUT2D eigenvalue weighted by molar-refractivity contribution is 4.98. The summed E-state index contributed by atoms with van der Waals surface area (Å²) >= 11 is 0. The quantitative estimate of drug-likeness (QED) is 0.586. The van der Waals surface area contributed by atoms with Crippen LogP contribution in [0.5, 0.6) is 0 Å². The maximum Gasteiger partial charge on any atom is 0.0606 e. The number of hydrogen-bond acceptors (Lipinski definition) is 2. The molecule has 0 aromatic carbocycles. The van der Waals surface area contributed by atoms with E-state index in [0.29, 0.717) is 17.9 Å². The second kappa shape index (κ2) is 2.21. The molecule has 0 aliphatic heterocycles. The first-order valence-electron chi connectivity index (χ1n) is 4.04. The van der Waals surface area contributed by atoms with Gasteiger partial charge in [0.05, 0.1) is 12.2 Å². The summed E-state index contributed by atoms with van der Waals surface area (Å²) in [6.07, 6.45) is 3.69. The van der Waals surface area contributed by atoms with Gasteiger partial charge in [0.25, 0.3) is 0 Å². The van der Waals surface area contributed by atoms with Crippen LogP contribution in [-0.2, 0) is 4.74 Å². The van der Waals surface area contributed by atoms with Gasteiger partial charge in [-0.1, -0.05) is 0 Å². The molecule has 0 saturated heterocycles. The number of rotatable bonds is 1. The molecule has 10 heavy (non-hydrogen) atoms. The smallest absolute Gasteiger partial charge is 0.0606 e. The highest BCUT2D eigenvalue weighted by Crippen LogP contribution is 2.48. The van der Waals surface area contributed by atoms with E-state index in [1.54, 1.807) is 7.11 Å². The van der Waals surface area contributed by atoms with E-state index in [1.807, 2.05) is 0 Å². The molecule has 2 rings (SSSR count). The van der Waals surface area contributed by atoms with Crippen LogP contribution in [0.4, 0.5) is 0 Å². The van der Waals surface area contributed by atoms with Gasteiger partial charge in [0.1, 0.15) is 0 Å². The van der Waals surface area contributed by atoms with Gasteiger partial charge in [-0.05, 0) is 31.1 Å². The van der Waals surface area contributed by atoms with E-state index in [2.05, 4.69) is 0 Å². The van der Waals surface area contributed by atoms with Crippen molar-refractivity contribution in [3.05, 3.63) is 0 Å². The number of fused-ring (bicyclic) bond motifs is 1. The minimum absolute atomic E-state index is 0.0172. The lowest BCUT2D eigenvalue weighted by molar-refractivity contribution is -0.0754. The van der Waals surface area contributed by atoms with E-state index in [1.165, 1.54) is 6.42 Å². The molecular formula is C8H14O2. The van der Waals surface area contributed by atoms with E-state index in [9.17, 15) is 5.11 Å². The number of aliphatic hydroxyl groups excluding tert-OH is 1. The summed E-state index contributed by atoms with van der Waals surface area (Å²) in [5.41, 5.74) is 0. The first-order chi connectivity index (χ1) is 4.83. The van der Waals surface area contributed by atoms with Crippen molar-refractivity contribution in [3.63, 3.8) is 0 Å². The summed E-state index contributed by atoms with van der Waals surface area (Å²) in [6.45, 7) is 0. The Morgan fingerprint density at radius 3 is 2.70 bits per heavy atom. The fraction of sp³-hybridized carbons (Fsp3) is 1.00. The zero-order valence-electron chi connectivity index (χ0n) is 6.29. The molecule has 0 spiro atoms. The average Bonchev–Trinajstić information content (AvgIpc) is 2.10. The largest absolute Gasteiger partial charge is 0.393 e. The van der Waals surface area contributed by atoms with Gasteiger partial charge in [0.2, 0.25) is 0 Å². The van der Waals surface area contributed by atoms with Crippen LogP contribution in [0, 0.1) is 11.8 Å². The Hall–Kier alpha value is -0.0800. The van der Waals surface area contributed by atoms with Gasteiger partial charge < -0.3 is 9.84 Å². The predicted molar refractivity (Wildman–Crippen MR) is 37.6 cm³/mol. The monoisotopic (exact) mass is 142 g/mol. The standard InChI is InChI=1S/C8H14O2/c1-10-8-4-6-5(8)2-3-7(6)9/h5-9H,2-4H2,1H3. The summed E-state index contributed by atoms with van der Waals surface area (Å²) in [5.74, 6) is 1.25. The van der Waals surface area contributed by atoms with E-state index in [-0.39, 0.29) is 6.10 Å². The summed E-state index contributed by atoms with van der Waals surface area (Å²) < 4.78 is 5.24. The van der Waals surface area contributed by atoms with Crippen LogP contribution >= 0.6 is 0 Å². The highest BCUT2D eigenvalue weighted by Gasteiger charge is 2.48. The van der Waals surface area contributed by atoms with E-state index in [4.69, 9.17) is 4.74 Å². The molecule has 4 atom stereocenters. The summed E-state index contributed by atoms with van der Waals surface area (Å²) in [7, 11) is 1.77. The Labute approximate surface area is 61.2 Å². The van der Waals surface area contributed by atoms with Crippen LogP contribution in [0.3, 0.4) is 0 Å². The van der Waals surface area contributed by atoms with Crippen molar-refractivity contribution in [1.29, 1.82) is 0 Å².